The van der Waals surface area contributed by atoms with Crippen LogP contribution >= 0.6 is 11.6 Å². The zero-order chi connectivity index (χ0) is 17.9. The number of carbonyl (C=O) groups excluding carboxylic acids is 3. The lowest BCUT2D eigenvalue weighted by molar-refractivity contribution is -0.154. The minimum absolute atomic E-state index is 0.0327. The first-order valence-corrected chi connectivity index (χ1v) is 7.81. The molecule has 0 unspecified atom stereocenters. The second-order valence-electron chi connectivity index (χ2n) is 4.93. The maximum Gasteiger partial charge on any atom is 0.308 e. The van der Waals surface area contributed by atoms with Gasteiger partial charge in [-0.1, -0.05) is 11.6 Å². The van der Waals surface area contributed by atoms with Crippen LogP contribution in [0.2, 0.25) is 5.02 Å². The molecule has 1 atom stereocenters. The molecule has 0 aromatic heterocycles. The first-order valence-electron chi connectivity index (χ1n) is 7.44. The Morgan fingerprint density at radius 2 is 1.79 bits per heavy atom. The minimum Gasteiger partial charge on any atom is -0.452 e. The molecule has 0 saturated heterocycles. The zero-order valence-electron chi connectivity index (χ0n) is 13.6. The Labute approximate surface area is 145 Å². The highest BCUT2D eigenvalue weighted by Crippen LogP contribution is 2.09. The van der Waals surface area contributed by atoms with E-state index in [1.165, 1.54) is 14.0 Å². The predicted octanol–water partition coefficient (Wildman–Crippen LogP) is 1.15. The molecule has 2 amide bonds. The van der Waals surface area contributed by atoms with Crippen molar-refractivity contribution in [3.05, 3.63) is 34.9 Å². The van der Waals surface area contributed by atoms with Crippen LogP contribution in [0.1, 0.15) is 23.7 Å². The molecular formula is C16H21ClN2O5. The summed E-state index contributed by atoms with van der Waals surface area (Å²) in [5, 5.41) is 5.70. The SMILES string of the molecule is COCCNC(=O)[C@H](C)OC(=O)CCNC(=O)c1ccc(Cl)cc1. The first kappa shape index (κ1) is 19.9. The molecule has 0 saturated carbocycles. The quantitative estimate of drug-likeness (QED) is 0.511. The number of hydrogen-bond donors (Lipinski definition) is 2. The molecule has 7 nitrogen and oxygen atoms in total. The van der Waals surface area contributed by atoms with E-state index in [-0.39, 0.29) is 18.9 Å². The maximum absolute atomic E-state index is 11.8. The summed E-state index contributed by atoms with van der Waals surface area (Å²) in [5.74, 6) is -1.28. The van der Waals surface area contributed by atoms with Crippen LogP contribution in [0.25, 0.3) is 0 Å². The van der Waals surface area contributed by atoms with Crippen molar-refractivity contribution in [2.45, 2.75) is 19.4 Å². The highest BCUT2D eigenvalue weighted by molar-refractivity contribution is 6.30. The van der Waals surface area contributed by atoms with Crippen LogP contribution in [0.3, 0.4) is 0 Å². The molecule has 132 valence electrons. The summed E-state index contributed by atoms with van der Waals surface area (Å²) in [7, 11) is 1.52. The van der Waals surface area contributed by atoms with Crippen molar-refractivity contribution < 1.29 is 23.9 Å². The molecule has 1 aromatic carbocycles. The first-order chi connectivity index (χ1) is 11.4. The van der Waals surface area contributed by atoms with Gasteiger partial charge in [-0.15, -0.1) is 0 Å². The van der Waals surface area contributed by atoms with Crippen molar-refractivity contribution in [3.8, 4) is 0 Å². The van der Waals surface area contributed by atoms with Gasteiger partial charge in [-0.3, -0.25) is 14.4 Å². The summed E-state index contributed by atoms with van der Waals surface area (Å²) >= 11 is 5.74. The van der Waals surface area contributed by atoms with E-state index in [4.69, 9.17) is 21.1 Å². The van der Waals surface area contributed by atoms with Crippen LogP contribution in [0.4, 0.5) is 0 Å². The van der Waals surface area contributed by atoms with Gasteiger partial charge in [-0.05, 0) is 31.2 Å². The standard InChI is InChI=1S/C16H21ClN2O5/c1-11(15(21)19-9-10-23-2)24-14(20)7-8-18-16(22)12-3-5-13(17)6-4-12/h3-6,11H,7-10H2,1-2H3,(H,18,22)(H,19,21)/t11-/m0/s1. The summed E-state index contributed by atoms with van der Waals surface area (Å²) in [6.45, 7) is 2.31. The molecule has 0 radical (unpaired) electrons. The molecule has 0 bridgehead atoms. The summed E-state index contributed by atoms with van der Waals surface area (Å²) in [4.78, 5) is 35.1. The van der Waals surface area contributed by atoms with Gasteiger partial charge in [0, 0.05) is 30.8 Å². The number of ether oxygens (including phenoxy) is 2. The number of hydrogen-bond acceptors (Lipinski definition) is 5. The Kier molecular flexibility index (Phi) is 8.81. The topological polar surface area (TPSA) is 93.7 Å². The number of halogens is 1. The Morgan fingerprint density at radius 1 is 1.12 bits per heavy atom. The Hall–Kier alpha value is -2.12. The lowest BCUT2D eigenvalue weighted by atomic mass is 10.2. The van der Waals surface area contributed by atoms with E-state index in [1.807, 2.05) is 0 Å². The van der Waals surface area contributed by atoms with Crippen molar-refractivity contribution in [2.75, 3.05) is 26.8 Å². The van der Waals surface area contributed by atoms with Gasteiger partial charge >= 0.3 is 5.97 Å². The van der Waals surface area contributed by atoms with E-state index in [0.29, 0.717) is 23.7 Å². The number of benzene rings is 1. The summed E-state index contributed by atoms with van der Waals surface area (Å²) in [6.07, 6.45) is -0.934. The normalized spacial score (nSPS) is 11.5. The molecule has 1 rings (SSSR count). The molecule has 24 heavy (non-hydrogen) atoms. The highest BCUT2D eigenvalue weighted by Gasteiger charge is 2.17. The second kappa shape index (κ2) is 10.6. The number of rotatable bonds is 9. The maximum atomic E-state index is 11.8. The van der Waals surface area contributed by atoms with E-state index >= 15 is 0 Å². The van der Waals surface area contributed by atoms with Crippen LogP contribution in [-0.2, 0) is 19.1 Å². The fourth-order valence-corrected chi connectivity index (χ4v) is 1.84. The van der Waals surface area contributed by atoms with Crippen LogP contribution in [0, 0.1) is 0 Å². The average molecular weight is 357 g/mol. The molecule has 2 N–H and O–H groups in total. The lowest BCUT2D eigenvalue weighted by Gasteiger charge is -2.13. The van der Waals surface area contributed by atoms with E-state index in [9.17, 15) is 14.4 Å². The van der Waals surface area contributed by atoms with E-state index in [1.54, 1.807) is 24.3 Å². The summed E-state index contributed by atoms with van der Waals surface area (Å²) < 4.78 is 9.79. The Bertz CT molecular complexity index is 562. The average Bonchev–Trinajstić information content (AvgIpc) is 2.55. The van der Waals surface area contributed by atoms with Gasteiger partial charge < -0.3 is 20.1 Å². The van der Waals surface area contributed by atoms with Crippen molar-refractivity contribution in [2.24, 2.45) is 0 Å². The fraction of sp³-hybridized carbons (Fsp3) is 0.438. The second-order valence-corrected chi connectivity index (χ2v) is 5.37. The predicted molar refractivity (Wildman–Crippen MR) is 88.8 cm³/mol. The van der Waals surface area contributed by atoms with E-state index in [0.717, 1.165) is 0 Å². The van der Waals surface area contributed by atoms with Crippen molar-refractivity contribution in [1.82, 2.24) is 10.6 Å². The van der Waals surface area contributed by atoms with Crippen molar-refractivity contribution >= 4 is 29.4 Å². The van der Waals surface area contributed by atoms with Crippen molar-refractivity contribution in [1.29, 1.82) is 0 Å². The third kappa shape index (κ3) is 7.43. The molecule has 0 spiro atoms. The molecule has 0 aliphatic carbocycles. The number of amides is 2. The van der Waals surface area contributed by atoms with E-state index < -0.39 is 18.0 Å². The smallest absolute Gasteiger partial charge is 0.308 e. The molecule has 8 heteroatoms. The number of nitrogens with one attached hydrogen (secondary N) is 2. The van der Waals surface area contributed by atoms with E-state index in [2.05, 4.69) is 10.6 Å². The largest absolute Gasteiger partial charge is 0.452 e. The third-order valence-electron chi connectivity index (χ3n) is 3.00. The van der Waals surface area contributed by atoms with Gasteiger partial charge in [0.2, 0.25) is 0 Å². The fourth-order valence-electron chi connectivity index (χ4n) is 1.71. The molecule has 0 aliphatic heterocycles. The van der Waals surface area contributed by atoms with Gasteiger partial charge in [0.15, 0.2) is 6.10 Å². The van der Waals surface area contributed by atoms with Gasteiger partial charge in [0.25, 0.3) is 11.8 Å². The molecule has 1 aromatic rings. The van der Waals surface area contributed by atoms with Crippen LogP contribution in [-0.4, -0.2) is 50.7 Å². The van der Waals surface area contributed by atoms with Crippen LogP contribution in [0.15, 0.2) is 24.3 Å². The molecule has 0 heterocycles. The van der Waals surface area contributed by atoms with Crippen LogP contribution < -0.4 is 10.6 Å². The number of carbonyl (C=O) groups is 3. The highest BCUT2D eigenvalue weighted by atomic mass is 35.5. The molecule has 0 aliphatic rings. The number of esters is 1. The monoisotopic (exact) mass is 356 g/mol. The molecular weight excluding hydrogens is 336 g/mol. The zero-order valence-corrected chi connectivity index (χ0v) is 14.4. The van der Waals surface area contributed by atoms with Crippen LogP contribution in [0.5, 0.6) is 0 Å². The third-order valence-corrected chi connectivity index (χ3v) is 3.26. The summed E-state index contributed by atoms with van der Waals surface area (Å²) in [5.41, 5.74) is 0.443. The van der Waals surface area contributed by atoms with Gasteiger partial charge in [0.05, 0.1) is 13.0 Å². The Morgan fingerprint density at radius 3 is 2.42 bits per heavy atom. The molecule has 0 fully saturated rings. The minimum atomic E-state index is -0.902. The van der Waals surface area contributed by atoms with Crippen molar-refractivity contribution in [3.63, 3.8) is 0 Å². The summed E-state index contributed by atoms with van der Waals surface area (Å²) in [6, 6.07) is 6.38. The van der Waals surface area contributed by atoms with Gasteiger partial charge in [0.1, 0.15) is 0 Å². The number of methoxy groups -OCH3 is 1. The Balaban J connectivity index is 2.26. The van der Waals surface area contributed by atoms with Gasteiger partial charge in [-0.25, -0.2) is 0 Å². The lowest BCUT2D eigenvalue weighted by Crippen LogP contribution is -2.38. The van der Waals surface area contributed by atoms with Gasteiger partial charge in [-0.2, -0.15) is 0 Å².